The van der Waals surface area contributed by atoms with Crippen molar-refractivity contribution >= 4 is 23.2 Å². The van der Waals surface area contributed by atoms with Gasteiger partial charge in [0.15, 0.2) is 11.6 Å². The van der Waals surface area contributed by atoms with Gasteiger partial charge in [0.25, 0.3) is 0 Å². The Balaban J connectivity index is 1.94. The molecule has 0 fully saturated rings. The van der Waals surface area contributed by atoms with E-state index in [1.807, 2.05) is 32.0 Å². The molecule has 0 unspecified atom stereocenters. The van der Waals surface area contributed by atoms with E-state index < -0.39 is 5.92 Å². The molecule has 4 rings (SSSR count). The Morgan fingerprint density at radius 2 is 1.51 bits per heavy atom. The van der Waals surface area contributed by atoms with E-state index in [4.69, 9.17) is 21.1 Å². The third-order valence-electron chi connectivity index (χ3n) is 7.19. The number of nitrogens with zero attached hydrogens (tertiary/aromatic N) is 1. The molecule has 0 atom stereocenters. The van der Waals surface area contributed by atoms with Gasteiger partial charge in [0.05, 0.1) is 17.7 Å². The van der Waals surface area contributed by atoms with Crippen molar-refractivity contribution in [2.45, 2.75) is 79.2 Å². The van der Waals surface area contributed by atoms with E-state index in [-0.39, 0.29) is 28.5 Å². The van der Waals surface area contributed by atoms with Crippen molar-refractivity contribution in [3.05, 3.63) is 51.3 Å². The number of hydrogen-bond donors (Lipinski definition) is 0. The van der Waals surface area contributed by atoms with Crippen molar-refractivity contribution in [3.63, 3.8) is 0 Å². The second kappa shape index (κ2) is 9.40. The molecule has 0 aromatic heterocycles. The molecule has 0 spiro atoms. The highest BCUT2D eigenvalue weighted by Crippen LogP contribution is 2.54. The average Bonchev–Trinajstić information content (AvgIpc) is 2.71. The molecule has 0 amide bonds. The first-order chi connectivity index (χ1) is 16.3. The molecule has 0 bridgehead atoms. The summed E-state index contributed by atoms with van der Waals surface area (Å²) in [7, 11) is 1.69. The first-order valence-electron chi connectivity index (χ1n) is 12.6. The van der Waals surface area contributed by atoms with Gasteiger partial charge >= 0.3 is 0 Å². The van der Waals surface area contributed by atoms with Crippen LogP contribution in [0.15, 0.2) is 40.7 Å². The molecule has 1 aliphatic heterocycles. The Bertz CT molecular complexity index is 1060. The summed E-state index contributed by atoms with van der Waals surface area (Å²) in [6.07, 6.45) is 2.48. The quantitative estimate of drug-likeness (QED) is 0.449. The van der Waals surface area contributed by atoms with Crippen LogP contribution in [0.5, 0.6) is 5.75 Å². The number of Topliss-reactive ketones (excluding diaryl/α,β-unsaturated/α-hetero) is 2. The van der Waals surface area contributed by atoms with Gasteiger partial charge in [-0.25, -0.2) is 0 Å². The molecule has 190 valence electrons. The molecule has 0 radical (unpaired) electrons. The lowest BCUT2D eigenvalue weighted by molar-refractivity contribution is -0.119. The number of ether oxygens (including phenoxy) is 2. The van der Waals surface area contributed by atoms with Crippen LogP contribution in [0.25, 0.3) is 0 Å². The fraction of sp³-hybridized carbons (Fsp3) is 0.586. The predicted molar refractivity (Wildman–Crippen MR) is 139 cm³/mol. The minimum Gasteiger partial charge on any atom is -0.489 e. The normalized spacial score (nSPS) is 22.0. The highest BCUT2D eigenvalue weighted by atomic mass is 35.5. The van der Waals surface area contributed by atoms with Crippen LogP contribution in [0.2, 0.25) is 5.02 Å². The van der Waals surface area contributed by atoms with Crippen molar-refractivity contribution in [1.29, 1.82) is 0 Å². The topological polar surface area (TPSA) is 55.8 Å². The SMILES string of the molecule is COCCN1C2=C(C(=O)CC(C)(C)C2)C(c2ccc(OC(C)C)c(Cl)c2)C2=C1CC(C)(C)CC2=O. The standard InChI is InChI=1S/C29H38ClNO4/c1-17(2)35-24-9-8-18(12-19(24)30)25-26-20(13-28(3,4)15-22(26)32)31(10-11-34-7)21-14-29(5,6)16-23(33)27(21)25/h8-9,12,17,25H,10-11,13-16H2,1-7H3. The van der Waals surface area contributed by atoms with Gasteiger partial charge in [-0.3, -0.25) is 9.59 Å². The lowest BCUT2D eigenvalue weighted by Gasteiger charge is -2.49. The molecular formula is C29H38ClNO4. The summed E-state index contributed by atoms with van der Waals surface area (Å²) in [6, 6.07) is 5.71. The molecule has 6 heteroatoms. The first-order valence-corrected chi connectivity index (χ1v) is 13.0. The maximum absolute atomic E-state index is 13.7. The zero-order valence-electron chi connectivity index (χ0n) is 22.1. The monoisotopic (exact) mass is 499 g/mol. The molecule has 2 aliphatic carbocycles. The number of carbonyl (C=O) groups excluding carboxylic acids is 2. The fourth-order valence-electron chi connectivity index (χ4n) is 5.88. The number of hydrogen-bond acceptors (Lipinski definition) is 5. The van der Waals surface area contributed by atoms with Gasteiger partial charge in [0.1, 0.15) is 5.75 Å². The van der Waals surface area contributed by atoms with E-state index in [2.05, 4.69) is 32.6 Å². The number of methoxy groups -OCH3 is 1. The smallest absolute Gasteiger partial charge is 0.162 e. The van der Waals surface area contributed by atoms with E-state index in [1.54, 1.807) is 7.11 Å². The van der Waals surface area contributed by atoms with Gasteiger partial charge in [0.2, 0.25) is 0 Å². The Hall–Kier alpha value is -2.11. The van der Waals surface area contributed by atoms with Crippen LogP contribution in [0.3, 0.4) is 0 Å². The molecule has 1 aromatic carbocycles. The first kappa shape index (κ1) is 26.0. The lowest BCUT2D eigenvalue weighted by atomic mass is 9.63. The highest BCUT2D eigenvalue weighted by Gasteiger charge is 2.48. The van der Waals surface area contributed by atoms with E-state index in [0.29, 0.717) is 36.8 Å². The van der Waals surface area contributed by atoms with Crippen molar-refractivity contribution in [3.8, 4) is 5.75 Å². The Kier molecular flexibility index (Phi) is 6.98. The van der Waals surface area contributed by atoms with Crippen molar-refractivity contribution in [1.82, 2.24) is 4.90 Å². The van der Waals surface area contributed by atoms with Crippen molar-refractivity contribution in [2.75, 3.05) is 20.3 Å². The third kappa shape index (κ3) is 5.08. The van der Waals surface area contributed by atoms with Crippen LogP contribution in [0.4, 0.5) is 0 Å². The van der Waals surface area contributed by atoms with Gasteiger partial charge in [-0.1, -0.05) is 45.4 Å². The summed E-state index contributed by atoms with van der Waals surface area (Å²) < 4.78 is 11.3. The van der Waals surface area contributed by atoms with Crippen molar-refractivity contribution in [2.24, 2.45) is 10.8 Å². The minimum absolute atomic E-state index is 0.00435. The van der Waals surface area contributed by atoms with Gasteiger partial charge < -0.3 is 14.4 Å². The number of halogens is 1. The summed E-state index contributed by atoms with van der Waals surface area (Å²) in [5.74, 6) is 0.438. The second-order valence-electron chi connectivity index (χ2n) is 12.0. The van der Waals surface area contributed by atoms with Gasteiger partial charge in [0, 0.05) is 55.0 Å². The summed E-state index contributed by atoms with van der Waals surface area (Å²) >= 11 is 6.65. The molecule has 1 heterocycles. The van der Waals surface area contributed by atoms with Gasteiger partial charge in [-0.15, -0.1) is 0 Å². The van der Waals surface area contributed by atoms with Gasteiger partial charge in [-0.05, 0) is 55.2 Å². The minimum atomic E-state index is -0.406. The van der Waals surface area contributed by atoms with E-state index >= 15 is 0 Å². The van der Waals surface area contributed by atoms with Crippen molar-refractivity contribution < 1.29 is 19.1 Å². The molecule has 0 N–H and O–H groups in total. The Labute approximate surface area is 214 Å². The maximum Gasteiger partial charge on any atom is 0.162 e. The molecular weight excluding hydrogens is 462 g/mol. The number of ketones is 2. The number of allylic oxidation sites excluding steroid dienone is 4. The van der Waals surface area contributed by atoms with E-state index in [9.17, 15) is 9.59 Å². The van der Waals surface area contributed by atoms with E-state index in [0.717, 1.165) is 40.9 Å². The zero-order chi connectivity index (χ0) is 25.7. The van der Waals surface area contributed by atoms with Crippen LogP contribution in [-0.2, 0) is 14.3 Å². The summed E-state index contributed by atoms with van der Waals surface area (Å²) in [5.41, 5.74) is 4.16. The summed E-state index contributed by atoms with van der Waals surface area (Å²) in [4.78, 5) is 29.7. The molecule has 1 aromatic rings. The van der Waals surface area contributed by atoms with Gasteiger partial charge in [-0.2, -0.15) is 0 Å². The fourth-order valence-corrected chi connectivity index (χ4v) is 6.11. The molecule has 5 nitrogen and oxygen atoms in total. The van der Waals surface area contributed by atoms with Crippen LogP contribution in [-0.4, -0.2) is 42.8 Å². The summed E-state index contributed by atoms with van der Waals surface area (Å²) in [6.45, 7) is 13.6. The lowest BCUT2D eigenvalue weighted by Crippen LogP contribution is -2.45. The highest BCUT2D eigenvalue weighted by molar-refractivity contribution is 6.32. The largest absolute Gasteiger partial charge is 0.489 e. The summed E-state index contributed by atoms with van der Waals surface area (Å²) in [5, 5.41) is 0.495. The Morgan fingerprint density at radius 3 is 1.97 bits per heavy atom. The number of rotatable bonds is 6. The maximum atomic E-state index is 13.7. The van der Waals surface area contributed by atoms with Crippen LogP contribution in [0.1, 0.15) is 78.7 Å². The molecule has 0 saturated carbocycles. The predicted octanol–water partition coefficient (Wildman–Crippen LogP) is 6.46. The van der Waals surface area contributed by atoms with Crippen LogP contribution in [0, 0.1) is 10.8 Å². The van der Waals surface area contributed by atoms with Crippen LogP contribution >= 0.6 is 11.6 Å². The molecule has 35 heavy (non-hydrogen) atoms. The molecule has 3 aliphatic rings. The number of benzene rings is 1. The van der Waals surface area contributed by atoms with Crippen LogP contribution < -0.4 is 4.74 Å². The molecule has 0 saturated heterocycles. The zero-order valence-corrected chi connectivity index (χ0v) is 22.8. The third-order valence-corrected chi connectivity index (χ3v) is 7.49. The number of carbonyl (C=O) groups is 2. The Morgan fingerprint density at radius 1 is 0.971 bits per heavy atom. The second-order valence-corrected chi connectivity index (χ2v) is 12.4. The van der Waals surface area contributed by atoms with E-state index in [1.165, 1.54) is 0 Å². The average molecular weight is 500 g/mol.